The summed E-state index contributed by atoms with van der Waals surface area (Å²) in [6.07, 6.45) is 48.6. The molecule has 0 amide bonds. The van der Waals surface area contributed by atoms with Crippen molar-refractivity contribution in [3.05, 3.63) is 116 Å². The first kappa shape index (κ1) is 53.4. The minimum atomic E-state index is 0.311. The highest BCUT2D eigenvalue weighted by Crippen LogP contribution is 2.19. The summed E-state index contributed by atoms with van der Waals surface area (Å²) in [6.45, 7) is 27.6. The summed E-state index contributed by atoms with van der Waals surface area (Å²) in [5.74, 6) is 0.616. The van der Waals surface area contributed by atoms with Crippen molar-refractivity contribution in [3.63, 3.8) is 0 Å². The van der Waals surface area contributed by atoms with Crippen LogP contribution in [0.5, 0.6) is 0 Å². The third-order valence-corrected chi connectivity index (χ3v) is 11.1. The summed E-state index contributed by atoms with van der Waals surface area (Å²) in [6, 6.07) is 0. The maximum Gasteiger partial charge on any atom is 0.0433 e. The molecule has 0 saturated heterocycles. The zero-order valence-corrected chi connectivity index (χ0v) is 39.4. The average Bonchev–Trinajstić information content (AvgIpc) is 3.11. The number of aliphatic hydroxyl groups is 1. The molecule has 0 aromatic carbocycles. The van der Waals surface area contributed by atoms with Crippen LogP contribution in [0.3, 0.4) is 0 Å². The Morgan fingerprint density at radius 3 is 0.696 bits per heavy atom. The molecule has 0 rings (SSSR count). The molecule has 56 heavy (non-hydrogen) atoms. The minimum Gasteiger partial charge on any atom is -0.396 e. The standard InChI is InChI=1S/C55H92O/c1-45(2)23-13-24-46(3)25-14-26-47(4)27-15-28-48(5)29-16-30-49(6)31-17-32-50(7)33-18-34-51(8)35-19-36-52(9)37-20-38-53(10)39-21-40-54(11)41-22-42-55(12)43-44-56/h23,25,27,29,31,33,35,37,39,41,55-56H,13-22,24,26,28,30,32,34,36,38,40,42-44H2,1-12H3/b46-25+,47-27+,48-29+,49-31+,50-33+,51-35+,52-37+,53-39+,54-41+. The van der Waals surface area contributed by atoms with E-state index in [1.807, 2.05) is 0 Å². The monoisotopic (exact) mass is 769 g/mol. The minimum absolute atomic E-state index is 0.311. The molecule has 0 spiro atoms. The molecule has 0 aliphatic carbocycles. The number of aliphatic hydroxyl groups excluding tert-OH is 1. The van der Waals surface area contributed by atoms with Gasteiger partial charge >= 0.3 is 0 Å². The van der Waals surface area contributed by atoms with E-state index in [4.69, 9.17) is 5.11 Å². The van der Waals surface area contributed by atoms with E-state index in [9.17, 15) is 0 Å². The molecule has 1 N–H and O–H groups in total. The SMILES string of the molecule is CC(C)=CCC/C(C)=C/CC/C(C)=C/CC/C(C)=C/CC/C(C)=C/CC/C(C)=C/CC/C(C)=C/CC/C(C)=C/CC/C(C)=C/CC/C(C)=C/CCC(C)CCO. The third-order valence-electron chi connectivity index (χ3n) is 11.1. The molecule has 0 aromatic heterocycles. The predicted octanol–water partition coefficient (Wildman–Crippen LogP) is 18.3. The van der Waals surface area contributed by atoms with E-state index in [2.05, 4.69) is 144 Å². The van der Waals surface area contributed by atoms with Crippen molar-refractivity contribution in [1.82, 2.24) is 0 Å². The molecule has 1 heteroatoms. The Labute approximate surface area is 350 Å². The normalized spacial score (nSPS) is 15.2. The highest BCUT2D eigenvalue weighted by atomic mass is 16.3. The largest absolute Gasteiger partial charge is 0.396 e. The quantitative estimate of drug-likeness (QED) is 0.0676. The lowest BCUT2D eigenvalue weighted by Gasteiger charge is -2.07. The van der Waals surface area contributed by atoms with Crippen molar-refractivity contribution >= 4 is 0 Å². The summed E-state index contributed by atoms with van der Waals surface area (Å²) < 4.78 is 0. The van der Waals surface area contributed by atoms with Crippen LogP contribution >= 0.6 is 0 Å². The molecule has 1 nitrogen and oxygen atoms in total. The lowest BCUT2D eigenvalue weighted by atomic mass is 10.0. The predicted molar refractivity (Wildman–Crippen MR) is 256 cm³/mol. The van der Waals surface area contributed by atoms with Crippen LogP contribution in [-0.4, -0.2) is 11.7 Å². The molecule has 318 valence electrons. The number of hydrogen-bond acceptors (Lipinski definition) is 1. The molecule has 0 aliphatic rings. The zero-order valence-electron chi connectivity index (χ0n) is 39.4. The number of hydrogen-bond donors (Lipinski definition) is 1. The molecule has 0 saturated carbocycles. The van der Waals surface area contributed by atoms with Gasteiger partial charge in [0.05, 0.1) is 0 Å². The highest BCUT2D eigenvalue weighted by Gasteiger charge is 2.00. The Morgan fingerprint density at radius 1 is 0.304 bits per heavy atom. The first-order valence-electron chi connectivity index (χ1n) is 22.9. The van der Waals surface area contributed by atoms with Gasteiger partial charge in [0.15, 0.2) is 0 Å². The fraction of sp³-hybridized carbons (Fsp3) is 0.636. The van der Waals surface area contributed by atoms with Gasteiger partial charge in [0.1, 0.15) is 0 Å². The molecule has 0 aliphatic heterocycles. The average molecular weight is 769 g/mol. The zero-order chi connectivity index (χ0) is 42.0. The van der Waals surface area contributed by atoms with Gasteiger partial charge in [0, 0.05) is 6.61 Å². The van der Waals surface area contributed by atoms with Gasteiger partial charge < -0.3 is 5.11 Å². The van der Waals surface area contributed by atoms with Gasteiger partial charge in [0.2, 0.25) is 0 Å². The molecule has 0 heterocycles. The second-order valence-electron chi connectivity index (χ2n) is 17.8. The second-order valence-corrected chi connectivity index (χ2v) is 17.8. The van der Waals surface area contributed by atoms with Crippen LogP contribution in [0.4, 0.5) is 0 Å². The van der Waals surface area contributed by atoms with E-state index in [1.165, 1.54) is 126 Å². The third kappa shape index (κ3) is 35.8. The van der Waals surface area contributed by atoms with Crippen LogP contribution < -0.4 is 0 Å². The Kier molecular flexibility index (Phi) is 33.8. The maximum atomic E-state index is 9.06. The van der Waals surface area contributed by atoms with Crippen LogP contribution in [0.2, 0.25) is 0 Å². The van der Waals surface area contributed by atoms with Crippen LogP contribution in [0.1, 0.15) is 218 Å². The van der Waals surface area contributed by atoms with E-state index in [0.717, 1.165) is 64.2 Å². The summed E-state index contributed by atoms with van der Waals surface area (Å²) in [4.78, 5) is 0. The van der Waals surface area contributed by atoms with Crippen LogP contribution in [0, 0.1) is 5.92 Å². The van der Waals surface area contributed by atoms with E-state index in [0.29, 0.717) is 12.5 Å². The molecule has 1 atom stereocenters. The molecular weight excluding hydrogens is 677 g/mol. The van der Waals surface area contributed by atoms with E-state index in [-0.39, 0.29) is 0 Å². The number of allylic oxidation sites excluding steroid dienone is 20. The Hall–Kier alpha value is -2.64. The van der Waals surface area contributed by atoms with Gasteiger partial charge in [-0.15, -0.1) is 0 Å². The van der Waals surface area contributed by atoms with Crippen LogP contribution in [-0.2, 0) is 0 Å². The fourth-order valence-corrected chi connectivity index (χ4v) is 6.86. The van der Waals surface area contributed by atoms with E-state index in [1.54, 1.807) is 0 Å². The Morgan fingerprint density at radius 2 is 0.500 bits per heavy atom. The van der Waals surface area contributed by atoms with Gasteiger partial charge in [-0.25, -0.2) is 0 Å². The summed E-state index contributed by atoms with van der Waals surface area (Å²) >= 11 is 0. The lowest BCUT2D eigenvalue weighted by molar-refractivity contribution is 0.259. The van der Waals surface area contributed by atoms with Gasteiger partial charge in [-0.3, -0.25) is 0 Å². The summed E-state index contributed by atoms with van der Waals surface area (Å²) in [5, 5.41) is 9.06. The molecular formula is C55H92O. The lowest BCUT2D eigenvalue weighted by Crippen LogP contribution is -1.97. The number of rotatable bonds is 32. The van der Waals surface area contributed by atoms with Gasteiger partial charge in [-0.1, -0.05) is 123 Å². The highest BCUT2D eigenvalue weighted by molar-refractivity contribution is 5.11. The van der Waals surface area contributed by atoms with Crippen LogP contribution in [0.25, 0.3) is 0 Å². The Bertz CT molecular complexity index is 1350. The van der Waals surface area contributed by atoms with Crippen molar-refractivity contribution in [2.24, 2.45) is 5.92 Å². The molecule has 1 unspecified atom stereocenters. The van der Waals surface area contributed by atoms with Crippen LogP contribution in [0.15, 0.2) is 116 Å². The van der Waals surface area contributed by atoms with Gasteiger partial charge in [0.25, 0.3) is 0 Å². The van der Waals surface area contributed by atoms with Gasteiger partial charge in [-0.2, -0.15) is 0 Å². The van der Waals surface area contributed by atoms with E-state index < -0.39 is 0 Å². The first-order chi connectivity index (χ1) is 26.7. The van der Waals surface area contributed by atoms with Crippen molar-refractivity contribution in [2.45, 2.75) is 218 Å². The topological polar surface area (TPSA) is 20.2 Å². The van der Waals surface area contributed by atoms with Crippen molar-refractivity contribution in [2.75, 3.05) is 6.61 Å². The maximum absolute atomic E-state index is 9.06. The van der Waals surface area contributed by atoms with Crippen molar-refractivity contribution in [1.29, 1.82) is 0 Å². The Balaban J connectivity index is 4.25. The second kappa shape index (κ2) is 35.5. The van der Waals surface area contributed by atoms with E-state index >= 15 is 0 Å². The molecule has 0 bridgehead atoms. The smallest absolute Gasteiger partial charge is 0.0433 e. The summed E-state index contributed by atoms with van der Waals surface area (Å²) in [5.41, 5.74) is 15.1. The molecule has 0 fully saturated rings. The van der Waals surface area contributed by atoms with Gasteiger partial charge in [-0.05, 0) is 217 Å². The first-order valence-corrected chi connectivity index (χ1v) is 22.9. The van der Waals surface area contributed by atoms with Crippen molar-refractivity contribution < 1.29 is 5.11 Å². The van der Waals surface area contributed by atoms with Crippen molar-refractivity contribution in [3.8, 4) is 0 Å². The molecule has 0 radical (unpaired) electrons. The fourth-order valence-electron chi connectivity index (χ4n) is 6.86. The molecule has 0 aromatic rings. The summed E-state index contributed by atoms with van der Waals surface area (Å²) in [7, 11) is 0.